The lowest BCUT2D eigenvalue weighted by molar-refractivity contribution is 0.445. The first-order valence-electron chi connectivity index (χ1n) is 10.8. The third kappa shape index (κ3) is 3.51. The van der Waals surface area contributed by atoms with Crippen LogP contribution in [0.25, 0.3) is 16.6 Å². The Bertz CT molecular complexity index is 1420. The van der Waals surface area contributed by atoms with Crippen LogP contribution >= 0.6 is 11.6 Å². The molecule has 1 aliphatic heterocycles. The lowest BCUT2D eigenvalue weighted by Gasteiger charge is -2.32. The van der Waals surface area contributed by atoms with Gasteiger partial charge >= 0.3 is 0 Å². The van der Waals surface area contributed by atoms with E-state index in [9.17, 15) is 8.42 Å². The molecule has 0 N–H and O–H groups in total. The van der Waals surface area contributed by atoms with Crippen molar-refractivity contribution in [1.29, 1.82) is 0 Å². The van der Waals surface area contributed by atoms with Crippen LogP contribution in [0.15, 0.2) is 52.4 Å². The van der Waals surface area contributed by atoms with E-state index in [2.05, 4.69) is 22.1 Å². The number of piperidine rings is 1. The number of aryl methyl sites for hydroxylation is 1. The van der Waals surface area contributed by atoms with Crippen LogP contribution < -0.4 is 4.90 Å². The minimum atomic E-state index is -3.88. The topological polar surface area (TPSA) is 80.5 Å². The van der Waals surface area contributed by atoms with E-state index in [1.807, 2.05) is 31.2 Å². The maximum atomic E-state index is 13.4. The number of aromatic nitrogens is 4. The molecule has 1 fully saturated rings. The number of fused-ring (bicyclic) bond motifs is 3. The van der Waals surface area contributed by atoms with Gasteiger partial charge in [0.05, 0.1) is 10.4 Å². The van der Waals surface area contributed by atoms with Gasteiger partial charge in [0.2, 0.25) is 14.9 Å². The Morgan fingerprint density at radius 3 is 2.66 bits per heavy atom. The van der Waals surface area contributed by atoms with E-state index in [4.69, 9.17) is 16.6 Å². The highest BCUT2D eigenvalue weighted by Gasteiger charge is 2.29. The molecular weight excluding hydrogens is 446 g/mol. The Kier molecular flexibility index (Phi) is 5.29. The van der Waals surface area contributed by atoms with Gasteiger partial charge in [-0.3, -0.25) is 0 Å². The second-order valence-corrected chi connectivity index (χ2v) is 10.7. The summed E-state index contributed by atoms with van der Waals surface area (Å²) in [5, 5.41) is 9.53. The summed E-state index contributed by atoms with van der Waals surface area (Å²) < 4.78 is 28.4. The van der Waals surface area contributed by atoms with Gasteiger partial charge in [-0.25, -0.2) is 13.4 Å². The van der Waals surface area contributed by atoms with Gasteiger partial charge in [-0.15, -0.1) is 5.10 Å². The molecule has 0 spiro atoms. The Balaban J connectivity index is 1.74. The van der Waals surface area contributed by atoms with E-state index in [1.54, 1.807) is 18.2 Å². The number of benzene rings is 2. The summed E-state index contributed by atoms with van der Waals surface area (Å²) in [6.07, 6.45) is 3.06. The fraction of sp³-hybridized carbons (Fsp3) is 0.348. The third-order valence-corrected chi connectivity index (χ3v) is 8.01. The lowest BCUT2D eigenvalue weighted by Crippen LogP contribution is -2.35. The highest BCUT2D eigenvalue weighted by molar-refractivity contribution is 7.91. The summed E-state index contributed by atoms with van der Waals surface area (Å²) in [6.45, 7) is 5.96. The average molecular weight is 470 g/mol. The monoisotopic (exact) mass is 469 g/mol. The van der Waals surface area contributed by atoms with Gasteiger partial charge in [-0.1, -0.05) is 42.8 Å². The molecule has 1 atom stereocenters. The Morgan fingerprint density at radius 1 is 1.16 bits per heavy atom. The third-order valence-electron chi connectivity index (χ3n) is 6.11. The van der Waals surface area contributed by atoms with Crippen molar-refractivity contribution in [2.75, 3.05) is 18.0 Å². The number of rotatable bonds is 4. The molecule has 9 heteroatoms. The molecule has 0 bridgehead atoms. The van der Waals surface area contributed by atoms with Crippen molar-refractivity contribution >= 4 is 43.8 Å². The van der Waals surface area contributed by atoms with Gasteiger partial charge in [0.15, 0.2) is 5.65 Å². The fourth-order valence-electron chi connectivity index (χ4n) is 4.37. The van der Waals surface area contributed by atoms with Gasteiger partial charge in [0.1, 0.15) is 5.82 Å². The van der Waals surface area contributed by atoms with E-state index < -0.39 is 9.84 Å². The van der Waals surface area contributed by atoms with Crippen LogP contribution in [0.4, 0.5) is 5.82 Å². The molecule has 0 saturated carbocycles. The zero-order chi connectivity index (χ0) is 22.5. The van der Waals surface area contributed by atoms with Crippen molar-refractivity contribution in [3.8, 4) is 0 Å². The van der Waals surface area contributed by atoms with Gasteiger partial charge < -0.3 is 4.90 Å². The second kappa shape index (κ2) is 8.01. The molecule has 0 aliphatic carbocycles. The summed E-state index contributed by atoms with van der Waals surface area (Å²) in [6, 6.07) is 12.3. The lowest BCUT2D eigenvalue weighted by atomic mass is 10.00. The molecule has 0 amide bonds. The molecule has 0 radical (unpaired) electrons. The first kappa shape index (κ1) is 21.2. The predicted octanol–water partition coefficient (Wildman–Crippen LogP) is 4.56. The molecule has 166 valence electrons. The van der Waals surface area contributed by atoms with E-state index in [-0.39, 0.29) is 15.6 Å². The summed E-state index contributed by atoms with van der Waals surface area (Å²) >= 11 is 6.30. The summed E-state index contributed by atoms with van der Waals surface area (Å²) in [4.78, 5) is 7.21. The summed E-state index contributed by atoms with van der Waals surface area (Å²) in [5.74, 6) is 1.25. The van der Waals surface area contributed by atoms with Gasteiger partial charge in [-0.05, 0) is 61.1 Å². The van der Waals surface area contributed by atoms with E-state index in [0.717, 1.165) is 48.2 Å². The Labute approximate surface area is 191 Å². The largest absolute Gasteiger partial charge is 0.356 e. The normalized spacial score (nSPS) is 17.3. The first-order valence-corrected chi connectivity index (χ1v) is 12.7. The smallest absolute Gasteiger partial charge is 0.229 e. The van der Waals surface area contributed by atoms with Crippen LogP contribution in [-0.4, -0.2) is 41.3 Å². The second-order valence-electron chi connectivity index (χ2n) is 8.42. The van der Waals surface area contributed by atoms with Gasteiger partial charge in [-0.2, -0.15) is 4.52 Å². The average Bonchev–Trinajstić information content (AvgIpc) is 3.23. The zero-order valence-electron chi connectivity index (χ0n) is 18.0. The number of halogens is 1. The van der Waals surface area contributed by atoms with Crippen molar-refractivity contribution in [3.63, 3.8) is 0 Å². The van der Waals surface area contributed by atoms with Crippen LogP contribution in [0.1, 0.15) is 32.3 Å². The first-order chi connectivity index (χ1) is 15.4. The molecule has 32 heavy (non-hydrogen) atoms. The summed E-state index contributed by atoms with van der Waals surface area (Å²) in [7, 11) is -3.88. The van der Waals surface area contributed by atoms with Crippen molar-refractivity contribution < 1.29 is 8.42 Å². The van der Waals surface area contributed by atoms with Crippen LogP contribution in [0, 0.1) is 5.92 Å². The van der Waals surface area contributed by atoms with Crippen molar-refractivity contribution in [1.82, 2.24) is 19.8 Å². The van der Waals surface area contributed by atoms with Crippen molar-refractivity contribution in [2.24, 2.45) is 5.92 Å². The SMILES string of the molecule is CCc1ccc(S(=O)(=O)c2nnn3c2nc(N2CCC[C@H](C)C2)c2cc(Cl)ccc23)cc1. The molecule has 2 aromatic heterocycles. The number of hydrogen-bond donors (Lipinski definition) is 0. The molecule has 1 aliphatic rings. The zero-order valence-corrected chi connectivity index (χ0v) is 19.6. The highest BCUT2D eigenvalue weighted by atomic mass is 35.5. The van der Waals surface area contributed by atoms with Crippen molar-refractivity contribution in [2.45, 2.75) is 43.0 Å². The molecule has 7 nitrogen and oxygen atoms in total. The number of nitrogens with zero attached hydrogens (tertiary/aromatic N) is 5. The highest BCUT2D eigenvalue weighted by Crippen LogP contribution is 2.33. The minimum Gasteiger partial charge on any atom is -0.356 e. The Morgan fingerprint density at radius 2 is 1.94 bits per heavy atom. The number of anilines is 1. The summed E-state index contributed by atoms with van der Waals surface area (Å²) in [5.41, 5.74) is 2.02. The quantitative estimate of drug-likeness (QED) is 0.435. The molecule has 2 aromatic carbocycles. The molecule has 4 aromatic rings. The Hall–Kier alpha value is -2.71. The molecule has 5 rings (SSSR count). The maximum absolute atomic E-state index is 13.4. The standard InChI is InChI=1S/C23H24ClN5O2S/c1-3-16-6-9-18(10-7-16)32(30,31)23-22-25-21(28-12-4-5-15(2)14-28)19-13-17(24)8-11-20(19)29(22)27-26-23/h6-11,13,15H,3-5,12,14H2,1-2H3/t15-/m0/s1. The maximum Gasteiger partial charge on any atom is 0.229 e. The van der Waals surface area contributed by atoms with E-state index in [1.165, 1.54) is 10.9 Å². The van der Waals surface area contributed by atoms with Gasteiger partial charge in [0, 0.05) is 23.5 Å². The number of sulfone groups is 1. The van der Waals surface area contributed by atoms with E-state index in [0.29, 0.717) is 10.9 Å². The minimum absolute atomic E-state index is 0.134. The van der Waals surface area contributed by atoms with Gasteiger partial charge in [0.25, 0.3) is 0 Å². The number of hydrogen-bond acceptors (Lipinski definition) is 6. The van der Waals surface area contributed by atoms with Crippen LogP contribution in [0.3, 0.4) is 0 Å². The molecule has 1 saturated heterocycles. The van der Waals surface area contributed by atoms with E-state index >= 15 is 0 Å². The van der Waals surface area contributed by atoms with Crippen molar-refractivity contribution in [3.05, 3.63) is 53.1 Å². The molecule has 3 heterocycles. The predicted molar refractivity (Wildman–Crippen MR) is 125 cm³/mol. The van der Waals surface area contributed by atoms with Crippen LogP contribution in [0.5, 0.6) is 0 Å². The van der Waals surface area contributed by atoms with Crippen LogP contribution in [0.2, 0.25) is 5.02 Å². The molecule has 0 unspecified atom stereocenters. The molecular formula is C23H24ClN5O2S. The van der Waals surface area contributed by atoms with Crippen LogP contribution in [-0.2, 0) is 16.3 Å². The fourth-order valence-corrected chi connectivity index (χ4v) is 5.77.